The van der Waals surface area contributed by atoms with E-state index in [1.807, 2.05) is 0 Å². The van der Waals surface area contributed by atoms with Crippen LogP contribution in [0, 0.1) is 0 Å². The van der Waals surface area contributed by atoms with Gasteiger partial charge in [0.2, 0.25) is 0 Å². The summed E-state index contributed by atoms with van der Waals surface area (Å²) < 4.78 is 0. The molecular formula is C10H18Si. The first kappa shape index (κ1) is 10.4. The summed E-state index contributed by atoms with van der Waals surface area (Å²) in [5.41, 5.74) is 2.98. The van der Waals surface area contributed by atoms with E-state index in [9.17, 15) is 0 Å². The van der Waals surface area contributed by atoms with Gasteiger partial charge in [0.15, 0.2) is 0 Å². The first-order chi connectivity index (χ1) is 4.88. The fourth-order valence-corrected chi connectivity index (χ4v) is 1.25. The Morgan fingerprint density at radius 1 is 0.909 bits per heavy atom. The fourth-order valence-electron chi connectivity index (χ4n) is 1.25. The van der Waals surface area contributed by atoms with Gasteiger partial charge in [0, 0.05) is 0 Å². The lowest BCUT2D eigenvalue weighted by Crippen LogP contribution is -1.88. The Hall–Kier alpha value is -0.563. The van der Waals surface area contributed by atoms with Crippen molar-refractivity contribution in [3.8, 4) is 0 Å². The van der Waals surface area contributed by atoms with Crippen molar-refractivity contribution in [3.63, 3.8) is 0 Å². The number of benzene rings is 1. The van der Waals surface area contributed by atoms with E-state index in [1.54, 1.807) is 0 Å². The minimum atomic E-state index is 0. The number of aryl methyl sites for hydroxylation is 2. The quantitative estimate of drug-likeness (QED) is 0.582. The van der Waals surface area contributed by atoms with Crippen LogP contribution < -0.4 is 0 Å². The van der Waals surface area contributed by atoms with Crippen molar-refractivity contribution in [2.24, 2.45) is 0 Å². The minimum absolute atomic E-state index is 0. The Bertz CT molecular complexity index is 183. The molecule has 11 heavy (non-hydrogen) atoms. The van der Waals surface area contributed by atoms with E-state index in [0.29, 0.717) is 0 Å². The van der Waals surface area contributed by atoms with E-state index >= 15 is 0 Å². The van der Waals surface area contributed by atoms with Crippen molar-refractivity contribution in [2.45, 2.75) is 26.7 Å². The zero-order chi connectivity index (χ0) is 7.40. The lowest BCUT2D eigenvalue weighted by Gasteiger charge is -2.02. The zero-order valence-corrected chi connectivity index (χ0v) is 6.72. The summed E-state index contributed by atoms with van der Waals surface area (Å²) >= 11 is 0. The maximum Gasteiger partial charge on any atom is -0.0149 e. The van der Waals surface area contributed by atoms with Crippen LogP contribution in [0.2, 0.25) is 0 Å². The lowest BCUT2D eigenvalue weighted by molar-refractivity contribution is 1.04. The van der Waals surface area contributed by atoms with Crippen molar-refractivity contribution in [1.82, 2.24) is 0 Å². The van der Waals surface area contributed by atoms with Crippen molar-refractivity contribution in [2.75, 3.05) is 0 Å². The van der Waals surface area contributed by atoms with Crippen LogP contribution in [0.15, 0.2) is 24.3 Å². The fraction of sp³-hybridized carbons (Fsp3) is 0.400. The van der Waals surface area contributed by atoms with E-state index in [4.69, 9.17) is 0 Å². The van der Waals surface area contributed by atoms with Crippen LogP contribution >= 0.6 is 0 Å². The summed E-state index contributed by atoms with van der Waals surface area (Å²) in [6, 6.07) is 8.63. The van der Waals surface area contributed by atoms with Crippen LogP contribution in [-0.2, 0) is 12.8 Å². The predicted octanol–water partition coefficient (Wildman–Crippen LogP) is 1.36. The molecule has 0 saturated carbocycles. The number of rotatable bonds is 2. The molecule has 1 rings (SSSR count). The van der Waals surface area contributed by atoms with Crippen LogP contribution in [0.25, 0.3) is 0 Å². The first-order valence-corrected chi connectivity index (χ1v) is 3.95. The van der Waals surface area contributed by atoms with Gasteiger partial charge in [-0.1, -0.05) is 38.1 Å². The van der Waals surface area contributed by atoms with E-state index in [1.165, 1.54) is 11.1 Å². The van der Waals surface area contributed by atoms with Crippen LogP contribution in [0.4, 0.5) is 0 Å². The van der Waals surface area contributed by atoms with Crippen LogP contribution in [-0.4, -0.2) is 11.0 Å². The molecule has 1 heteroatoms. The van der Waals surface area contributed by atoms with Gasteiger partial charge in [0.25, 0.3) is 0 Å². The summed E-state index contributed by atoms with van der Waals surface area (Å²) in [4.78, 5) is 0. The molecule has 0 aromatic heterocycles. The molecule has 0 atom stereocenters. The molecule has 1 aromatic rings. The summed E-state index contributed by atoms with van der Waals surface area (Å²) in [7, 11) is 0. The highest BCUT2D eigenvalue weighted by atomic mass is 28.1. The maximum atomic E-state index is 2.21. The molecule has 0 spiro atoms. The molecule has 0 nitrogen and oxygen atoms in total. The Labute approximate surface area is 73.7 Å². The highest BCUT2D eigenvalue weighted by molar-refractivity contribution is 5.75. The molecular weight excluding hydrogens is 148 g/mol. The summed E-state index contributed by atoms with van der Waals surface area (Å²) in [5, 5.41) is 0. The molecule has 0 heterocycles. The predicted molar refractivity (Wildman–Crippen MR) is 56.5 cm³/mol. The molecule has 0 radical (unpaired) electrons. The second kappa shape index (κ2) is 5.14. The number of hydrogen-bond acceptors (Lipinski definition) is 0. The third-order valence-corrected chi connectivity index (χ3v) is 1.88. The molecule has 0 aliphatic carbocycles. The third kappa shape index (κ3) is 2.50. The molecule has 1 aromatic carbocycles. The van der Waals surface area contributed by atoms with Gasteiger partial charge in [-0.05, 0) is 34.9 Å². The van der Waals surface area contributed by atoms with Gasteiger partial charge in [0.05, 0.1) is 0 Å². The monoisotopic (exact) mass is 166 g/mol. The zero-order valence-electron chi connectivity index (χ0n) is 6.72. The molecule has 62 valence electrons. The van der Waals surface area contributed by atoms with Crippen LogP contribution in [0.1, 0.15) is 25.0 Å². The molecule has 0 N–H and O–H groups in total. The standard InChI is InChI=1S/C10H14.H4Si/c1-3-9-7-5-6-8-10(9)4-2;/h5-8H,3-4H2,1-2H3;1H4. The van der Waals surface area contributed by atoms with Gasteiger partial charge in [-0.15, -0.1) is 0 Å². The molecule has 0 fully saturated rings. The number of hydrogen-bond donors (Lipinski definition) is 0. The third-order valence-electron chi connectivity index (χ3n) is 1.88. The van der Waals surface area contributed by atoms with E-state index in [0.717, 1.165) is 12.8 Å². The summed E-state index contributed by atoms with van der Waals surface area (Å²) in [5.74, 6) is 0. The highest BCUT2D eigenvalue weighted by Gasteiger charge is 1.93. The smallest absolute Gasteiger partial charge is 0.0149 e. The van der Waals surface area contributed by atoms with Crippen LogP contribution in [0.5, 0.6) is 0 Å². The molecule has 0 aliphatic heterocycles. The van der Waals surface area contributed by atoms with Crippen LogP contribution in [0.3, 0.4) is 0 Å². The minimum Gasteiger partial charge on any atom is -0.0620 e. The summed E-state index contributed by atoms with van der Waals surface area (Å²) in [6.45, 7) is 4.41. The SMILES string of the molecule is CCc1ccccc1CC.[SiH4]. The van der Waals surface area contributed by atoms with Crippen molar-refractivity contribution < 1.29 is 0 Å². The maximum absolute atomic E-state index is 2.21. The molecule has 0 aliphatic rings. The van der Waals surface area contributed by atoms with Crippen molar-refractivity contribution in [1.29, 1.82) is 0 Å². The van der Waals surface area contributed by atoms with Gasteiger partial charge in [-0.3, -0.25) is 0 Å². The van der Waals surface area contributed by atoms with Crippen molar-refractivity contribution in [3.05, 3.63) is 35.4 Å². The van der Waals surface area contributed by atoms with Gasteiger partial charge in [-0.25, -0.2) is 0 Å². The highest BCUT2D eigenvalue weighted by Crippen LogP contribution is 2.08. The Morgan fingerprint density at radius 3 is 1.55 bits per heavy atom. The van der Waals surface area contributed by atoms with Gasteiger partial charge in [0.1, 0.15) is 0 Å². The average molecular weight is 166 g/mol. The topological polar surface area (TPSA) is 0 Å². The molecule has 0 amide bonds. The average Bonchev–Trinajstić information content (AvgIpc) is 2.04. The summed E-state index contributed by atoms with van der Waals surface area (Å²) in [6.07, 6.45) is 2.31. The first-order valence-electron chi connectivity index (χ1n) is 3.95. The Balaban J connectivity index is 0.000001000. The van der Waals surface area contributed by atoms with Gasteiger partial charge in [-0.2, -0.15) is 0 Å². The van der Waals surface area contributed by atoms with Gasteiger partial charge < -0.3 is 0 Å². The van der Waals surface area contributed by atoms with E-state index < -0.39 is 0 Å². The van der Waals surface area contributed by atoms with Crippen molar-refractivity contribution >= 4 is 11.0 Å². The second-order valence-corrected chi connectivity index (χ2v) is 2.48. The lowest BCUT2D eigenvalue weighted by atomic mass is 10.0. The molecule has 0 saturated heterocycles. The molecule has 0 bridgehead atoms. The largest absolute Gasteiger partial charge is 0.0620 e. The Morgan fingerprint density at radius 2 is 1.27 bits per heavy atom. The van der Waals surface area contributed by atoms with Gasteiger partial charge >= 0.3 is 0 Å². The van der Waals surface area contributed by atoms with E-state index in [-0.39, 0.29) is 11.0 Å². The molecule has 0 unspecified atom stereocenters. The van der Waals surface area contributed by atoms with E-state index in [2.05, 4.69) is 38.1 Å². The normalized spacial score (nSPS) is 8.91. The second-order valence-electron chi connectivity index (χ2n) is 2.48. The Kier molecular flexibility index (Phi) is 4.87.